The van der Waals surface area contributed by atoms with Crippen molar-refractivity contribution < 1.29 is 18.0 Å². The zero-order valence-electron chi connectivity index (χ0n) is 16.9. The Balaban J connectivity index is 1.68. The number of nitrogens with zero attached hydrogens (tertiary/aromatic N) is 2. The molecule has 158 valence electrons. The van der Waals surface area contributed by atoms with Crippen LogP contribution in [0, 0.1) is 11.6 Å². The number of benzene rings is 2. The zero-order valence-corrected chi connectivity index (χ0v) is 17.6. The van der Waals surface area contributed by atoms with Crippen molar-refractivity contribution in [2.24, 2.45) is 0 Å². The summed E-state index contributed by atoms with van der Waals surface area (Å²) in [5, 5.41) is 2.88. The van der Waals surface area contributed by atoms with Gasteiger partial charge in [0.05, 0.1) is 22.0 Å². The molecule has 8 heteroatoms. The third-order valence-electron chi connectivity index (χ3n) is 5.79. The lowest BCUT2D eigenvalue weighted by molar-refractivity contribution is 0.102. The third-order valence-corrected chi connectivity index (χ3v) is 6.08. The number of carbonyl (C=O) groups excluding carboxylic acids is 1. The Bertz CT molecular complexity index is 1110. The highest BCUT2D eigenvalue weighted by Crippen LogP contribution is 2.32. The highest BCUT2D eigenvalue weighted by molar-refractivity contribution is 6.31. The summed E-state index contributed by atoms with van der Waals surface area (Å²) in [7, 11) is 2.06. The van der Waals surface area contributed by atoms with Crippen molar-refractivity contribution in [3.05, 3.63) is 58.8 Å². The first kappa shape index (κ1) is 20.6. The first-order valence-corrected chi connectivity index (χ1v) is 10.1. The van der Waals surface area contributed by atoms with Gasteiger partial charge in [0.1, 0.15) is 17.7 Å². The monoisotopic (exact) mass is 433 g/mol. The average Bonchev–Trinajstić information content (AvgIpc) is 3.11. The van der Waals surface area contributed by atoms with Crippen molar-refractivity contribution in [1.82, 2.24) is 4.90 Å². The second kappa shape index (κ2) is 7.89. The Kier molecular flexibility index (Phi) is 5.42. The van der Waals surface area contributed by atoms with Crippen molar-refractivity contribution in [2.45, 2.75) is 25.9 Å². The molecule has 0 radical (unpaired) electrons. The number of fused-ring (bicyclic) bond motifs is 1. The van der Waals surface area contributed by atoms with Crippen molar-refractivity contribution in [3.8, 4) is 0 Å². The summed E-state index contributed by atoms with van der Waals surface area (Å²) in [5.74, 6) is -1.69. The molecule has 1 fully saturated rings. The number of carbonyl (C=O) groups is 1. The maximum absolute atomic E-state index is 14.8. The number of anilines is 2. The van der Waals surface area contributed by atoms with Gasteiger partial charge in [0.2, 0.25) is 0 Å². The fraction of sp³-hybridized carbons (Fsp3) is 0.318. The van der Waals surface area contributed by atoms with Gasteiger partial charge in [-0.15, -0.1) is 0 Å². The van der Waals surface area contributed by atoms with Crippen LogP contribution in [0.4, 0.5) is 20.2 Å². The zero-order chi connectivity index (χ0) is 21.6. The van der Waals surface area contributed by atoms with Gasteiger partial charge in [0.15, 0.2) is 5.82 Å². The van der Waals surface area contributed by atoms with Gasteiger partial charge in [0, 0.05) is 36.6 Å². The molecule has 0 saturated carbocycles. The molecule has 1 N–H and O–H groups in total. The van der Waals surface area contributed by atoms with Crippen molar-refractivity contribution in [3.63, 3.8) is 0 Å². The van der Waals surface area contributed by atoms with Crippen LogP contribution in [0.3, 0.4) is 0 Å². The maximum atomic E-state index is 14.8. The van der Waals surface area contributed by atoms with Crippen LogP contribution >= 0.6 is 11.6 Å². The molecular formula is C22H22ClF2N3O2. The highest BCUT2D eigenvalue weighted by atomic mass is 35.5. The van der Waals surface area contributed by atoms with E-state index in [9.17, 15) is 13.6 Å². The number of halogens is 3. The summed E-state index contributed by atoms with van der Waals surface area (Å²) in [6.07, 6.45) is 1.25. The molecule has 1 aliphatic heterocycles. The Morgan fingerprint density at radius 3 is 2.60 bits per heavy atom. The third kappa shape index (κ3) is 3.63. The molecule has 30 heavy (non-hydrogen) atoms. The predicted octanol–water partition coefficient (Wildman–Crippen LogP) is 5.15. The summed E-state index contributed by atoms with van der Waals surface area (Å²) in [5.41, 5.74) is 0.827. The first-order valence-electron chi connectivity index (χ1n) is 9.69. The van der Waals surface area contributed by atoms with Gasteiger partial charge in [-0.05, 0) is 39.1 Å². The van der Waals surface area contributed by atoms with Crippen LogP contribution in [0.15, 0.2) is 41.0 Å². The van der Waals surface area contributed by atoms with Crippen LogP contribution in [0.1, 0.15) is 24.2 Å². The van der Waals surface area contributed by atoms with E-state index in [0.717, 1.165) is 0 Å². The number of piperazine rings is 1. The molecule has 0 aliphatic carbocycles. The molecule has 4 rings (SSSR count). The van der Waals surface area contributed by atoms with Gasteiger partial charge >= 0.3 is 0 Å². The predicted molar refractivity (Wildman–Crippen MR) is 114 cm³/mol. The van der Waals surface area contributed by atoms with E-state index in [1.54, 1.807) is 6.07 Å². The van der Waals surface area contributed by atoms with Crippen molar-refractivity contribution >= 4 is 39.9 Å². The molecule has 1 aromatic heterocycles. The fourth-order valence-electron chi connectivity index (χ4n) is 3.85. The summed E-state index contributed by atoms with van der Waals surface area (Å²) in [6.45, 7) is 5.51. The van der Waals surface area contributed by atoms with E-state index in [-0.39, 0.29) is 33.9 Å². The minimum absolute atomic E-state index is 0.0362. The molecule has 2 heterocycles. The largest absolute Gasteiger partial charge is 0.463 e. The van der Waals surface area contributed by atoms with Gasteiger partial charge in [-0.25, -0.2) is 8.78 Å². The lowest BCUT2D eigenvalue weighted by Gasteiger charge is -2.43. The summed E-state index contributed by atoms with van der Waals surface area (Å²) in [6, 6.07) is 7.77. The molecule has 1 saturated heterocycles. The Morgan fingerprint density at radius 1 is 1.20 bits per heavy atom. The topological polar surface area (TPSA) is 48.7 Å². The van der Waals surface area contributed by atoms with Gasteiger partial charge < -0.3 is 14.6 Å². The van der Waals surface area contributed by atoms with Gasteiger partial charge in [-0.3, -0.25) is 9.69 Å². The van der Waals surface area contributed by atoms with E-state index in [4.69, 9.17) is 16.0 Å². The minimum Gasteiger partial charge on any atom is -0.463 e. The molecule has 2 aromatic carbocycles. The number of likely N-dealkylation sites (N-methyl/N-ethyl adjacent to an activating group) is 1. The first-order chi connectivity index (χ1) is 14.3. The maximum Gasteiger partial charge on any atom is 0.259 e. The van der Waals surface area contributed by atoms with E-state index >= 15 is 0 Å². The molecule has 0 bridgehead atoms. The van der Waals surface area contributed by atoms with E-state index < -0.39 is 17.5 Å². The quantitative estimate of drug-likeness (QED) is 0.621. The molecule has 1 aliphatic rings. The standard InChI is InChI=1S/C22H22ClF2N3O2/c1-12-9-28(10-13(2)27(12)3)19-7-14-15(11-30-20(14)8-17(19)24)22(29)26-18-6-4-5-16(23)21(18)25/h4-8,11-13H,9-10H2,1-3H3,(H,26,29)/t12-,13+. The van der Waals surface area contributed by atoms with Gasteiger partial charge in [-0.1, -0.05) is 17.7 Å². The molecule has 3 aromatic rings. The lowest BCUT2D eigenvalue weighted by atomic mass is 10.1. The smallest absolute Gasteiger partial charge is 0.259 e. The summed E-state index contributed by atoms with van der Waals surface area (Å²) in [4.78, 5) is 17.0. The molecular weight excluding hydrogens is 412 g/mol. The van der Waals surface area contributed by atoms with E-state index in [1.165, 1.54) is 30.5 Å². The Hall–Kier alpha value is -2.64. The SMILES string of the molecule is C[C@@H]1CN(c2cc3c(C(=O)Nc4cccc(Cl)c4F)coc3cc2F)C[C@H](C)N1C. The van der Waals surface area contributed by atoms with Crippen molar-refractivity contribution in [1.29, 1.82) is 0 Å². The van der Waals surface area contributed by atoms with Crippen LogP contribution in [0.25, 0.3) is 11.0 Å². The van der Waals surface area contributed by atoms with Crippen LogP contribution in [-0.2, 0) is 0 Å². The molecule has 5 nitrogen and oxygen atoms in total. The Labute approximate surface area is 178 Å². The van der Waals surface area contributed by atoms with Crippen molar-refractivity contribution in [2.75, 3.05) is 30.4 Å². The summed E-state index contributed by atoms with van der Waals surface area (Å²) < 4.78 is 34.4. The Morgan fingerprint density at radius 2 is 1.90 bits per heavy atom. The van der Waals surface area contributed by atoms with E-state index in [0.29, 0.717) is 24.2 Å². The number of hydrogen-bond donors (Lipinski definition) is 1. The van der Waals surface area contributed by atoms with Crippen LogP contribution in [0.2, 0.25) is 5.02 Å². The fourth-order valence-corrected chi connectivity index (χ4v) is 4.02. The molecule has 0 unspecified atom stereocenters. The summed E-state index contributed by atoms with van der Waals surface area (Å²) >= 11 is 5.78. The van der Waals surface area contributed by atoms with Gasteiger partial charge in [0.25, 0.3) is 5.91 Å². The number of furan rings is 1. The molecule has 2 atom stereocenters. The second-order valence-corrected chi connectivity index (χ2v) is 8.18. The molecule has 1 amide bonds. The highest BCUT2D eigenvalue weighted by Gasteiger charge is 2.29. The minimum atomic E-state index is -0.715. The number of amides is 1. The number of nitrogens with one attached hydrogen (secondary N) is 1. The number of rotatable bonds is 3. The van der Waals surface area contributed by atoms with E-state index in [2.05, 4.69) is 31.1 Å². The van der Waals surface area contributed by atoms with E-state index in [1.807, 2.05) is 4.90 Å². The average molecular weight is 434 g/mol. The normalized spacial score (nSPS) is 20.0. The van der Waals surface area contributed by atoms with Crippen LogP contribution in [-0.4, -0.2) is 43.0 Å². The van der Waals surface area contributed by atoms with Crippen LogP contribution in [0.5, 0.6) is 0 Å². The lowest BCUT2D eigenvalue weighted by Crippen LogP contribution is -2.55. The van der Waals surface area contributed by atoms with Crippen LogP contribution < -0.4 is 10.2 Å². The number of hydrogen-bond acceptors (Lipinski definition) is 4. The van der Waals surface area contributed by atoms with Gasteiger partial charge in [-0.2, -0.15) is 0 Å². The molecule has 0 spiro atoms. The second-order valence-electron chi connectivity index (χ2n) is 7.77.